The van der Waals surface area contributed by atoms with Crippen LogP contribution >= 0.6 is 0 Å². The minimum Gasteiger partial charge on any atom is -0.497 e. The molecule has 186 valence electrons. The number of carbonyl (C=O) groups is 1. The van der Waals surface area contributed by atoms with Crippen molar-refractivity contribution in [2.24, 2.45) is 0 Å². The van der Waals surface area contributed by atoms with Gasteiger partial charge in [0.15, 0.2) is 0 Å². The molecule has 0 spiro atoms. The summed E-state index contributed by atoms with van der Waals surface area (Å²) in [6.07, 6.45) is 2.81. The molecule has 0 bridgehead atoms. The van der Waals surface area contributed by atoms with Crippen molar-refractivity contribution in [2.45, 2.75) is 31.3 Å². The third kappa shape index (κ3) is 5.27. The number of methoxy groups -OCH3 is 2. The molecule has 3 N–H and O–H groups in total. The second-order valence-corrected chi connectivity index (χ2v) is 9.48. The summed E-state index contributed by atoms with van der Waals surface area (Å²) in [7, 11) is 5.43. The highest BCUT2D eigenvalue weighted by molar-refractivity contribution is 5.97. The number of imidazole rings is 1. The molecule has 9 heteroatoms. The molecule has 2 aromatic carbocycles. The van der Waals surface area contributed by atoms with Gasteiger partial charge < -0.3 is 24.3 Å². The van der Waals surface area contributed by atoms with E-state index in [4.69, 9.17) is 14.5 Å². The topological polar surface area (TPSA) is 94.8 Å². The number of aromatic amines is 1. The van der Waals surface area contributed by atoms with E-state index in [1.165, 1.54) is 5.56 Å². The zero-order valence-electron chi connectivity index (χ0n) is 20.6. The Balaban J connectivity index is 1.21. The van der Waals surface area contributed by atoms with Crippen LogP contribution in [0.3, 0.4) is 0 Å². The first-order valence-electron chi connectivity index (χ1n) is 12.2. The number of rotatable bonds is 7. The van der Waals surface area contributed by atoms with Gasteiger partial charge in [-0.2, -0.15) is 0 Å². The van der Waals surface area contributed by atoms with E-state index < -0.39 is 0 Å². The summed E-state index contributed by atoms with van der Waals surface area (Å²) in [6.45, 7) is 3.36. The molecule has 3 heterocycles. The molecule has 2 atom stereocenters. The maximum atomic E-state index is 13.0. The van der Waals surface area contributed by atoms with E-state index in [0.29, 0.717) is 11.6 Å². The molecule has 3 aromatic rings. The van der Waals surface area contributed by atoms with Crippen LogP contribution in [0, 0.1) is 0 Å². The van der Waals surface area contributed by atoms with Gasteiger partial charge in [-0.25, -0.2) is 10.4 Å². The smallest absolute Gasteiger partial charge is 0.254 e. The first-order valence-corrected chi connectivity index (χ1v) is 12.2. The van der Waals surface area contributed by atoms with Crippen molar-refractivity contribution in [2.75, 3.05) is 47.4 Å². The highest BCUT2D eigenvalue weighted by atomic mass is 16.5. The van der Waals surface area contributed by atoms with Gasteiger partial charge in [0.1, 0.15) is 17.3 Å². The number of fused-ring (bicyclic) bond motifs is 1. The van der Waals surface area contributed by atoms with E-state index in [2.05, 4.69) is 39.9 Å². The summed E-state index contributed by atoms with van der Waals surface area (Å²) in [4.78, 5) is 25.4. The number of hydrogen-bond donors (Lipinski definition) is 3. The average Bonchev–Trinajstić information content (AvgIpc) is 3.53. The van der Waals surface area contributed by atoms with Crippen molar-refractivity contribution in [3.8, 4) is 11.5 Å². The third-order valence-electron chi connectivity index (χ3n) is 7.04. The first-order chi connectivity index (χ1) is 17.0. The Kier molecular flexibility index (Phi) is 6.90. The van der Waals surface area contributed by atoms with E-state index >= 15 is 0 Å². The van der Waals surface area contributed by atoms with Crippen molar-refractivity contribution < 1.29 is 14.3 Å². The normalized spacial score (nSPS) is 20.9. The number of nitrogens with zero attached hydrogens (tertiary/aromatic N) is 3. The predicted molar refractivity (Wildman–Crippen MR) is 135 cm³/mol. The fourth-order valence-corrected chi connectivity index (χ4v) is 4.86. The van der Waals surface area contributed by atoms with Crippen LogP contribution in [0.4, 0.5) is 0 Å². The molecule has 5 rings (SSSR count). The lowest BCUT2D eigenvalue weighted by Crippen LogP contribution is -2.47. The van der Waals surface area contributed by atoms with Gasteiger partial charge in [-0.05, 0) is 62.2 Å². The van der Waals surface area contributed by atoms with Gasteiger partial charge in [-0.15, -0.1) is 0 Å². The van der Waals surface area contributed by atoms with Crippen LogP contribution in [-0.4, -0.2) is 79.2 Å². The molecule has 35 heavy (non-hydrogen) atoms. The second kappa shape index (κ2) is 10.2. The first kappa shape index (κ1) is 23.6. The Labute approximate surface area is 205 Å². The van der Waals surface area contributed by atoms with Crippen LogP contribution in [0.15, 0.2) is 36.4 Å². The number of amides is 1. The summed E-state index contributed by atoms with van der Waals surface area (Å²) in [5.74, 6) is 2.60. The highest BCUT2D eigenvalue weighted by Crippen LogP contribution is 2.27. The third-order valence-corrected chi connectivity index (χ3v) is 7.04. The van der Waals surface area contributed by atoms with E-state index in [1.54, 1.807) is 14.2 Å². The number of aryl methyl sites for hydroxylation is 1. The number of hydrogen-bond acceptors (Lipinski definition) is 7. The van der Waals surface area contributed by atoms with Crippen LogP contribution in [0.2, 0.25) is 0 Å². The van der Waals surface area contributed by atoms with Gasteiger partial charge in [0.2, 0.25) is 0 Å². The molecule has 2 unspecified atom stereocenters. The van der Waals surface area contributed by atoms with Crippen LogP contribution in [-0.2, 0) is 6.42 Å². The molecule has 2 aliphatic rings. The Morgan fingerprint density at radius 1 is 1.03 bits per heavy atom. The number of likely N-dealkylation sites (N-methyl/N-ethyl adjacent to an activating group) is 1. The van der Waals surface area contributed by atoms with Gasteiger partial charge in [-0.1, -0.05) is 0 Å². The summed E-state index contributed by atoms with van der Waals surface area (Å²) < 4.78 is 10.8. The quantitative estimate of drug-likeness (QED) is 0.480. The lowest BCUT2D eigenvalue weighted by atomic mass is 10.0. The number of nitrogens with one attached hydrogen (secondary N) is 3. The monoisotopic (exact) mass is 478 g/mol. The van der Waals surface area contributed by atoms with Crippen LogP contribution in [0.5, 0.6) is 11.5 Å². The van der Waals surface area contributed by atoms with Gasteiger partial charge in [0, 0.05) is 43.9 Å². The SMILES string of the molecule is COc1cc(CCC2CC(c3nc4ccc(C(=O)N5CCN(C)CC5)cc4[nH]3)NN2)cc(OC)c1. The molecule has 0 saturated carbocycles. The summed E-state index contributed by atoms with van der Waals surface area (Å²) in [6, 6.07) is 12.2. The average molecular weight is 479 g/mol. The zero-order valence-corrected chi connectivity index (χ0v) is 20.6. The molecule has 0 aliphatic carbocycles. The number of aromatic nitrogens is 2. The molecular weight excluding hydrogens is 444 g/mol. The van der Waals surface area contributed by atoms with Gasteiger partial charge >= 0.3 is 0 Å². The molecule has 2 saturated heterocycles. The van der Waals surface area contributed by atoms with Crippen LogP contribution in [0.1, 0.15) is 40.6 Å². The van der Waals surface area contributed by atoms with Crippen molar-refractivity contribution in [1.82, 2.24) is 30.6 Å². The predicted octanol–water partition coefficient (Wildman–Crippen LogP) is 2.51. The second-order valence-electron chi connectivity index (χ2n) is 9.48. The highest BCUT2D eigenvalue weighted by Gasteiger charge is 2.27. The molecule has 2 fully saturated rings. The number of carbonyl (C=O) groups excluding carboxylic acids is 1. The number of ether oxygens (including phenoxy) is 2. The Morgan fingerprint density at radius 3 is 2.49 bits per heavy atom. The van der Waals surface area contributed by atoms with Gasteiger partial charge in [0.05, 0.1) is 31.3 Å². The standard InChI is InChI=1S/C26H34N6O3/c1-31-8-10-32(11-9-31)26(33)18-5-7-22-23(14-18)28-25(27-22)24-15-19(29-30-24)6-4-17-12-20(34-2)16-21(13-17)35-3/h5,7,12-14,16,19,24,29-30H,4,6,8-11,15H2,1-3H3,(H,27,28). The number of hydrazine groups is 1. The van der Waals surface area contributed by atoms with E-state index in [9.17, 15) is 4.79 Å². The largest absolute Gasteiger partial charge is 0.497 e. The lowest BCUT2D eigenvalue weighted by molar-refractivity contribution is 0.0664. The summed E-state index contributed by atoms with van der Waals surface area (Å²) in [5.41, 5.74) is 10.5. The maximum absolute atomic E-state index is 13.0. The van der Waals surface area contributed by atoms with Crippen molar-refractivity contribution in [1.29, 1.82) is 0 Å². The van der Waals surface area contributed by atoms with Gasteiger partial charge in [0.25, 0.3) is 5.91 Å². The van der Waals surface area contributed by atoms with Crippen LogP contribution < -0.4 is 20.3 Å². The van der Waals surface area contributed by atoms with Crippen molar-refractivity contribution >= 4 is 16.9 Å². The number of H-pyrrole nitrogens is 1. The Bertz CT molecular complexity index is 1160. The molecule has 2 aliphatic heterocycles. The Morgan fingerprint density at radius 2 is 1.77 bits per heavy atom. The lowest BCUT2D eigenvalue weighted by Gasteiger charge is -2.32. The minimum absolute atomic E-state index is 0.0871. The zero-order chi connectivity index (χ0) is 24.4. The van der Waals surface area contributed by atoms with Crippen LogP contribution in [0.25, 0.3) is 11.0 Å². The molecule has 1 aromatic heterocycles. The minimum atomic E-state index is 0.0871. The van der Waals surface area contributed by atoms with Crippen molar-refractivity contribution in [3.63, 3.8) is 0 Å². The number of benzene rings is 2. The van der Waals surface area contributed by atoms with Gasteiger partial charge in [-0.3, -0.25) is 10.2 Å². The maximum Gasteiger partial charge on any atom is 0.254 e. The number of piperazine rings is 1. The fourth-order valence-electron chi connectivity index (χ4n) is 4.86. The molecular formula is C26H34N6O3. The summed E-state index contributed by atoms with van der Waals surface area (Å²) in [5, 5.41) is 0. The van der Waals surface area contributed by atoms with E-state index in [-0.39, 0.29) is 11.9 Å². The van der Waals surface area contributed by atoms with Crippen molar-refractivity contribution in [3.05, 3.63) is 53.3 Å². The summed E-state index contributed by atoms with van der Waals surface area (Å²) >= 11 is 0. The fraction of sp³-hybridized carbons (Fsp3) is 0.462. The van der Waals surface area contributed by atoms with E-state index in [1.807, 2.05) is 29.2 Å². The Hall–Kier alpha value is -3.14. The van der Waals surface area contributed by atoms with E-state index in [0.717, 1.165) is 73.8 Å². The molecule has 9 nitrogen and oxygen atoms in total. The molecule has 1 amide bonds. The molecule has 0 radical (unpaired) electrons.